The summed E-state index contributed by atoms with van der Waals surface area (Å²) in [5.74, 6) is -1.08. The summed E-state index contributed by atoms with van der Waals surface area (Å²) in [4.78, 5) is 29.0. The number of hydrogen-bond acceptors (Lipinski definition) is 3. The number of carboxylic acids is 1. The maximum absolute atomic E-state index is 13.0. The van der Waals surface area contributed by atoms with E-state index in [0.717, 1.165) is 32.4 Å². The normalized spacial score (nSPS) is 38.7. The topological polar surface area (TPSA) is 60.9 Å². The van der Waals surface area contributed by atoms with Crippen LogP contribution >= 0.6 is 0 Å². The van der Waals surface area contributed by atoms with Crippen LogP contribution in [0, 0.1) is 10.8 Å². The molecule has 118 valence electrons. The number of amides is 1. The Balaban J connectivity index is 1.82. The Morgan fingerprint density at radius 2 is 1.67 bits per heavy atom. The molecular weight excluding hydrogens is 268 g/mol. The Morgan fingerprint density at radius 1 is 1.10 bits per heavy atom. The molecule has 3 atom stereocenters. The summed E-state index contributed by atoms with van der Waals surface area (Å²) in [6.07, 6.45) is 4.77. The zero-order valence-electron chi connectivity index (χ0n) is 13.3. The standard InChI is InChI=1S/C16H26N2O3/c1-15(2)10-16(15,14(20)21)13(19)18-9-5-7-12(18)11-6-4-8-17(11)3/h11-12H,4-10H2,1-3H3,(H,20,21). The minimum Gasteiger partial charge on any atom is -0.480 e. The van der Waals surface area contributed by atoms with E-state index in [0.29, 0.717) is 12.5 Å². The van der Waals surface area contributed by atoms with E-state index in [1.807, 2.05) is 18.7 Å². The summed E-state index contributed by atoms with van der Waals surface area (Å²) < 4.78 is 0. The van der Waals surface area contributed by atoms with Crippen molar-refractivity contribution in [1.29, 1.82) is 0 Å². The van der Waals surface area contributed by atoms with E-state index in [4.69, 9.17) is 0 Å². The summed E-state index contributed by atoms with van der Waals surface area (Å²) in [6.45, 7) is 5.59. The lowest BCUT2D eigenvalue weighted by Crippen LogP contribution is -2.51. The lowest BCUT2D eigenvalue weighted by atomic mass is 9.93. The van der Waals surface area contributed by atoms with Gasteiger partial charge in [-0.2, -0.15) is 0 Å². The van der Waals surface area contributed by atoms with E-state index < -0.39 is 16.8 Å². The monoisotopic (exact) mass is 294 g/mol. The molecule has 0 aromatic rings. The molecule has 0 aromatic heterocycles. The predicted octanol–water partition coefficient (Wildman–Crippen LogP) is 1.57. The molecule has 3 aliphatic rings. The van der Waals surface area contributed by atoms with Gasteiger partial charge in [-0.05, 0) is 51.1 Å². The van der Waals surface area contributed by atoms with Gasteiger partial charge in [0.05, 0.1) is 0 Å². The van der Waals surface area contributed by atoms with E-state index in [1.54, 1.807) is 0 Å². The molecule has 1 saturated carbocycles. The van der Waals surface area contributed by atoms with Crippen LogP contribution in [-0.4, -0.2) is 59.0 Å². The Labute approximate surface area is 126 Å². The molecule has 3 rings (SSSR count). The van der Waals surface area contributed by atoms with Crippen LogP contribution in [0.15, 0.2) is 0 Å². The van der Waals surface area contributed by atoms with Crippen molar-refractivity contribution in [3.63, 3.8) is 0 Å². The number of nitrogens with zero attached hydrogens (tertiary/aromatic N) is 2. The smallest absolute Gasteiger partial charge is 0.319 e. The summed E-state index contributed by atoms with van der Waals surface area (Å²) in [7, 11) is 2.12. The molecule has 5 heteroatoms. The molecule has 1 aliphatic carbocycles. The summed E-state index contributed by atoms with van der Waals surface area (Å²) >= 11 is 0. The SMILES string of the molecule is CN1CCCC1C1CCCN1C(=O)C1(C(=O)O)CC1(C)C. The minimum atomic E-state index is -1.17. The molecular formula is C16H26N2O3. The zero-order chi connectivity index (χ0) is 15.4. The van der Waals surface area contributed by atoms with E-state index in [2.05, 4.69) is 11.9 Å². The van der Waals surface area contributed by atoms with Gasteiger partial charge in [0.2, 0.25) is 5.91 Å². The lowest BCUT2D eigenvalue weighted by Gasteiger charge is -2.35. The van der Waals surface area contributed by atoms with Gasteiger partial charge in [0.25, 0.3) is 0 Å². The molecule has 0 bridgehead atoms. The summed E-state index contributed by atoms with van der Waals surface area (Å²) in [6, 6.07) is 0.613. The van der Waals surface area contributed by atoms with Crippen molar-refractivity contribution in [1.82, 2.24) is 9.80 Å². The molecule has 2 heterocycles. The van der Waals surface area contributed by atoms with Crippen molar-refractivity contribution in [3.05, 3.63) is 0 Å². The first kappa shape index (κ1) is 14.8. The highest BCUT2D eigenvalue weighted by atomic mass is 16.4. The van der Waals surface area contributed by atoms with Crippen LogP contribution in [0.1, 0.15) is 46.0 Å². The number of hydrogen-bond donors (Lipinski definition) is 1. The van der Waals surface area contributed by atoms with Crippen LogP contribution in [0.25, 0.3) is 0 Å². The first-order valence-corrected chi connectivity index (χ1v) is 8.06. The quantitative estimate of drug-likeness (QED) is 0.803. The van der Waals surface area contributed by atoms with Gasteiger partial charge in [0.15, 0.2) is 5.41 Å². The van der Waals surface area contributed by atoms with Crippen molar-refractivity contribution >= 4 is 11.9 Å². The third-order valence-electron chi connectivity index (χ3n) is 6.05. The number of carboxylic acid groups (broad SMARTS) is 1. The molecule has 1 amide bonds. The highest BCUT2D eigenvalue weighted by molar-refractivity contribution is 6.06. The van der Waals surface area contributed by atoms with Crippen LogP contribution in [0.5, 0.6) is 0 Å². The maximum Gasteiger partial charge on any atom is 0.319 e. The Morgan fingerprint density at radius 3 is 2.14 bits per heavy atom. The van der Waals surface area contributed by atoms with Crippen LogP contribution in [0.2, 0.25) is 0 Å². The molecule has 0 aromatic carbocycles. The van der Waals surface area contributed by atoms with Gasteiger partial charge < -0.3 is 14.9 Å². The fraction of sp³-hybridized carbons (Fsp3) is 0.875. The molecule has 0 spiro atoms. The number of likely N-dealkylation sites (N-methyl/N-ethyl adjacent to an activating group) is 1. The third-order valence-corrected chi connectivity index (χ3v) is 6.05. The molecule has 2 aliphatic heterocycles. The Kier molecular flexibility index (Phi) is 3.32. The van der Waals surface area contributed by atoms with Gasteiger partial charge in [-0.3, -0.25) is 9.59 Å². The fourth-order valence-corrected chi connectivity index (χ4v) is 4.55. The van der Waals surface area contributed by atoms with Crippen LogP contribution in [0.3, 0.4) is 0 Å². The van der Waals surface area contributed by atoms with Crippen LogP contribution in [-0.2, 0) is 9.59 Å². The second-order valence-electron chi connectivity index (χ2n) is 7.67. The van der Waals surface area contributed by atoms with Crippen LogP contribution in [0.4, 0.5) is 0 Å². The first-order valence-electron chi connectivity index (χ1n) is 8.06. The van der Waals surface area contributed by atoms with Crippen LogP contribution < -0.4 is 0 Å². The van der Waals surface area contributed by atoms with E-state index >= 15 is 0 Å². The van der Waals surface area contributed by atoms with Gasteiger partial charge in [-0.25, -0.2) is 0 Å². The van der Waals surface area contributed by atoms with Gasteiger partial charge in [0.1, 0.15) is 0 Å². The highest BCUT2D eigenvalue weighted by Gasteiger charge is 2.73. The van der Waals surface area contributed by atoms with Crippen molar-refractivity contribution < 1.29 is 14.7 Å². The first-order chi connectivity index (χ1) is 9.81. The molecule has 3 unspecified atom stereocenters. The van der Waals surface area contributed by atoms with E-state index in [9.17, 15) is 14.7 Å². The molecule has 3 fully saturated rings. The zero-order valence-corrected chi connectivity index (χ0v) is 13.3. The van der Waals surface area contributed by atoms with Gasteiger partial charge in [0, 0.05) is 18.6 Å². The lowest BCUT2D eigenvalue weighted by molar-refractivity contribution is -0.156. The minimum absolute atomic E-state index is 0.136. The predicted molar refractivity (Wildman–Crippen MR) is 78.9 cm³/mol. The van der Waals surface area contributed by atoms with Crippen molar-refractivity contribution in [2.24, 2.45) is 10.8 Å². The number of carbonyl (C=O) groups excluding carboxylic acids is 1. The Bertz CT molecular complexity index is 476. The molecule has 5 nitrogen and oxygen atoms in total. The number of aliphatic carboxylic acids is 1. The second kappa shape index (κ2) is 4.70. The highest BCUT2D eigenvalue weighted by Crippen LogP contribution is 2.64. The number of rotatable bonds is 3. The van der Waals surface area contributed by atoms with Gasteiger partial charge in [-0.1, -0.05) is 13.8 Å². The molecule has 2 saturated heterocycles. The average molecular weight is 294 g/mol. The van der Waals surface area contributed by atoms with Gasteiger partial charge in [-0.15, -0.1) is 0 Å². The Hall–Kier alpha value is -1.10. The van der Waals surface area contributed by atoms with Crippen molar-refractivity contribution in [2.75, 3.05) is 20.1 Å². The fourth-order valence-electron chi connectivity index (χ4n) is 4.55. The van der Waals surface area contributed by atoms with Crippen molar-refractivity contribution in [3.8, 4) is 0 Å². The molecule has 21 heavy (non-hydrogen) atoms. The maximum atomic E-state index is 13.0. The van der Waals surface area contributed by atoms with Crippen molar-refractivity contribution in [2.45, 2.75) is 58.0 Å². The molecule has 0 radical (unpaired) electrons. The second-order valence-corrected chi connectivity index (χ2v) is 7.67. The van der Waals surface area contributed by atoms with E-state index in [1.165, 1.54) is 6.42 Å². The van der Waals surface area contributed by atoms with E-state index in [-0.39, 0.29) is 11.9 Å². The number of carbonyl (C=O) groups is 2. The number of likely N-dealkylation sites (tertiary alicyclic amines) is 2. The van der Waals surface area contributed by atoms with Gasteiger partial charge >= 0.3 is 5.97 Å². The largest absolute Gasteiger partial charge is 0.480 e. The molecule has 1 N–H and O–H groups in total. The third kappa shape index (κ3) is 2.00. The summed E-state index contributed by atoms with van der Waals surface area (Å²) in [5.41, 5.74) is -1.59. The summed E-state index contributed by atoms with van der Waals surface area (Å²) in [5, 5.41) is 9.62. The average Bonchev–Trinajstić information content (AvgIpc) is 2.77.